The van der Waals surface area contributed by atoms with E-state index in [1.54, 1.807) is 11.9 Å². The standard InChI is InChI=1S/C24H25N3O3S/c1-15-5-8-17(9-6-15)30-12-11-21(28)26-23-25-19(14-31-23)16-7-10-20-18(13-16)24(2,3)22(29)27(20)4/h5-10,13-14H,11-12H2,1-4H3,(H,25,26,28). The Labute approximate surface area is 185 Å². The second-order valence-corrected chi connectivity index (χ2v) is 9.08. The lowest BCUT2D eigenvalue weighted by molar-refractivity contribution is -0.121. The number of carbonyl (C=O) groups is 2. The first-order valence-corrected chi connectivity index (χ1v) is 11.0. The molecule has 1 aliphatic rings. The molecule has 0 atom stereocenters. The topological polar surface area (TPSA) is 71.5 Å². The molecule has 0 spiro atoms. The average molecular weight is 436 g/mol. The number of rotatable bonds is 6. The molecule has 1 N–H and O–H groups in total. The highest BCUT2D eigenvalue weighted by molar-refractivity contribution is 7.14. The molecular formula is C24H25N3O3S. The molecule has 6 nitrogen and oxygen atoms in total. The maximum absolute atomic E-state index is 12.5. The van der Waals surface area contributed by atoms with Gasteiger partial charge in [-0.25, -0.2) is 4.98 Å². The number of nitrogens with zero attached hydrogens (tertiary/aromatic N) is 2. The summed E-state index contributed by atoms with van der Waals surface area (Å²) < 4.78 is 5.61. The van der Waals surface area contributed by atoms with Crippen LogP contribution in [0, 0.1) is 6.92 Å². The number of fused-ring (bicyclic) bond motifs is 1. The van der Waals surface area contributed by atoms with Crippen molar-refractivity contribution in [2.45, 2.75) is 32.6 Å². The van der Waals surface area contributed by atoms with E-state index in [2.05, 4.69) is 10.3 Å². The van der Waals surface area contributed by atoms with Crippen LogP contribution in [-0.4, -0.2) is 30.5 Å². The summed E-state index contributed by atoms with van der Waals surface area (Å²) in [4.78, 5) is 31.0. The zero-order valence-electron chi connectivity index (χ0n) is 18.1. The molecule has 31 heavy (non-hydrogen) atoms. The van der Waals surface area contributed by atoms with Crippen molar-refractivity contribution < 1.29 is 14.3 Å². The number of aryl methyl sites for hydroxylation is 1. The molecule has 2 aromatic carbocycles. The minimum absolute atomic E-state index is 0.0822. The van der Waals surface area contributed by atoms with Gasteiger partial charge in [-0.3, -0.25) is 9.59 Å². The van der Waals surface area contributed by atoms with Gasteiger partial charge in [0, 0.05) is 23.7 Å². The summed E-state index contributed by atoms with van der Waals surface area (Å²) in [7, 11) is 1.80. The van der Waals surface area contributed by atoms with E-state index in [4.69, 9.17) is 4.74 Å². The Morgan fingerprint density at radius 1 is 1.19 bits per heavy atom. The molecule has 2 amide bonds. The summed E-state index contributed by atoms with van der Waals surface area (Å²) in [5, 5.41) is 5.29. The summed E-state index contributed by atoms with van der Waals surface area (Å²) >= 11 is 1.38. The zero-order chi connectivity index (χ0) is 22.2. The average Bonchev–Trinajstić information content (AvgIpc) is 3.27. The van der Waals surface area contributed by atoms with Gasteiger partial charge < -0.3 is 15.0 Å². The molecule has 0 saturated carbocycles. The molecular weight excluding hydrogens is 410 g/mol. The highest BCUT2D eigenvalue weighted by Gasteiger charge is 2.42. The van der Waals surface area contributed by atoms with Crippen LogP contribution in [0.3, 0.4) is 0 Å². The molecule has 1 aromatic heterocycles. The van der Waals surface area contributed by atoms with Crippen molar-refractivity contribution in [3.63, 3.8) is 0 Å². The van der Waals surface area contributed by atoms with E-state index < -0.39 is 5.41 Å². The fourth-order valence-corrected chi connectivity index (χ4v) is 4.41. The van der Waals surface area contributed by atoms with Crippen molar-refractivity contribution in [2.24, 2.45) is 0 Å². The molecule has 0 unspecified atom stereocenters. The maximum atomic E-state index is 12.5. The summed E-state index contributed by atoms with van der Waals surface area (Å²) in [6.07, 6.45) is 0.240. The summed E-state index contributed by atoms with van der Waals surface area (Å²) in [5.74, 6) is 0.688. The maximum Gasteiger partial charge on any atom is 0.236 e. The Hall–Kier alpha value is -3.19. The Kier molecular flexibility index (Phi) is 5.54. The SMILES string of the molecule is Cc1ccc(OCCC(=O)Nc2nc(-c3ccc4c(c3)C(C)(C)C(=O)N4C)cs2)cc1. The molecule has 0 aliphatic carbocycles. The quantitative estimate of drug-likeness (QED) is 0.605. The summed E-state index contributed by atoms with van der Waals surface area (Å²) in [6, 6.07) is 13.7. The number of likely N-dealkylation sites (N-methyl/N-ethyl adjacent to an activating group) is 1. The lowest BCUT2D eigenvalue weighted by Gasteiger charge is -2.16. The highest BCUT2D eigenvalue weighted by atomic mass is 32.1. The first-order valence-electron chi connectivity index (χ1n) is 10.1. The number of anilines is 2. The lowest BCUT2D eigenvalue weighted by Crippen LogP contribution is -2.33. The molecule has 2 heterocycles. The molecule has 0 bridgehead atoms. The van der Waals surface area contributed by atoms with E-state index in [1.807, 2.05) is 68.6 Å². The predicted octanol–water partition coefficient (Wildman–Crippen LogP) is 4.78. The van der Waals surface area contributed by atoms with E-state index in [1.165, 1.54) is 11.3 Å². The third kappa shape index (κ3) is 4.18. The molecule has 0 radical (unpaired) electrons. The van der Waals surface area contributed by atoms with Crippen LogP contribution >= 0.6 is 11.3 Å². The minimum atomic E-state index is -0.565. The van der Waals surface area contributed by atoms with E-state index in [9.17, 15) is 9.59 Å². The second kappa shape index (κ2) is 8.15. The third-order valence-electron chi connectivity index (χ3n) is 5.54. The van der Waals surface area contributed by atoms with Crippen LogP contribution in [-0.2, 0) is 15.0 Å². The van der Waals surface area contributed by atoms with E-state index in [0.717, 1.165) is 33.8 Å². The van der Waals surface area contributed by atoms with Gasteiger partial charge in [0.1, 0.15) is 5.75 Å². The highest BCUT2D eigenvalue weighted by Crippen LogP contribution is 2.42. The molecule has 7 heteroatoms. The fourth-order valence-electron chi connectivity index (χ4n) is 3.67. The Bertz CT molecular complexity index is 1140. The monoisotopic (exact) mass is 435 g/mol. The predicted molar refractivity (Wildman–Crippen MR) is 124 cm³/mol. The number of amides is 2. The van der Waals surface area contributed by atoms with Crippen LogP contribution in [0.4, 0.5) is 10.8 Å². The number of nitrogens with one attached hydrogen (secondary N) is 1. The first-order chi connectivity index (χ1) is 14.8. The largest absolute Gasteiger partial charge is 0.493 e. The van der Waals surface area contributed by atoms with Gasteiger partial charge in [0.2, 0.25) is 11.8 Å². The van der Waals surface area contributed by atoms with Crippen molar-refractivity contribution in [1.29, 1.82) is 0 Å². The molecule has 160 valence electrons. The van der Waals surface area contributed by atoms with E-state index in [0.29, 0.717) is 11.7 Å². The minimum Gasteiger partial charge on any atom is -0.493 e. The Morgan fingerprint density at radius 3 is 2.68 bits per heavy atom. The number of hydrogen-bond donors (Lipinski definition) is 1. The van der Waals surface area contributed by atoms with Crippen LogP contribution in [0.2, 0.25) is 0 Å². The normalized spacial score (nSPS) is 14.5. The zero-order valence-corrected chi connectivity index (χ0v) is 18.9. The van der Waals surface area contributed by atoms with Crippen molar-refractivity contribution in [1.82, 2.24) is 4.98 Å². The van der Waals surface area contributed by atoms with Crippen molar-refractivity contribution in [3.8, 4) is 17.0 Å². The Balaban J connectivity index is 1.39. The molecule has 1 aliphatic heterocycles. The number of thiazole rings is 1. The second-order valence-electron chi connectivity index (χ2n) is 8.22. The van der Waals surface area contributed by atoms with Gasteiger partial charge in [0.15, 0.2) is 5.13 Å². The summed E-state index contributed by atoms with van der Waals surface area (Å²) in [5.41, 5.74) is 4.21. The number of carbonyl (C=O) groups excluding carboxylic acids is 2. The van der Waals surface area contributed by atoms with Gasteiger partial charge in [-0.05, 0) is 50.6 Å². The summed E-state index contributed by atoms with van der Waals surface area (Å²) in [6.45, 7) is 6.19. The van der Waals surface area contributed by atoms with Crippen molar-refractivity contribution in [3.05, 3.63) is 59.0 Å². The van der Waals surface area contributed by atoms with Gasteiger partial charge in [0.25, 0.3) is 0 Å². The first kappa shape index (κ1) is 21.1. The third-order valence-corrected chi connectivity index (χ3v) is 6.29. The van der Waals surface area contributed by atoms with Crippen LogP contribution in [0.5, 0.6) is 5.75 Å². The van der Waals surface area contributed by atoms with Crippen LogP contribution in [0.15, 0.2) is 47.8 Å². The van der Waals surface area contributed by atoms with E-state index >= 15 is 0 Å². The molecule has 0 saturated heterocycles. The van der Waals surface area contributed by atoms with Gasteiger partial charge in [-0.2, -0.15) is 0 Å². The van der Waals surface area contributed by atoms with Gasteiger partial charge >= 0.3 is 0 Å². The number of aromatic nitrogens is 1. The molecule has 4 rings (SSSR count). The fraction of sp³-hybridized carbons (Fsp3) is 0.292. The number of ether oxygens (including phenoxy) is 1. The Morgan fingerprint density at radius 2 is 1.94 bits per heavy atom. The smallest absolute Gasteiger partial charge is 0.236 e. The van der Waals surface area contributed by atoms with Crippen molar-refractivity contribution in [2.75, 3.05) is 23.9 Å². The van der Waals surface area contributed by atoms with Gasteiger partial charge in [-0.1, -0.05) is 23.8 Å². The number of hydrogen-bond acceptors (Lipinski definition) is 5. The van der Waals surface area contributed by atoms with Crippen LogP contribution < -0.4 is 15.0 Å². The molecule has 0 fully saturated rings. The van der Waals surface area contributed by atoms with E-state index in [-0.39, 0.29) is 18.2 Å². The van der Waals surface area contributed by atoms with Gasteiger partial charge in [0.05, 0.1) is 24.1 Å². The van der Waals surface area contributed by atoms with Gasteiger partial charge in [-0.15, -0.1) is 11.3 Å². The van der Waals surface area contributed by atoms with Crippen LogP contribution in [0.1, 0.15) is 31.4 Å². The molecule has 3 aromatic rings. The number of benzene rings is 2. The van der Waals surface area contributed by atoms with Crippen molar-refractivity contribution >= 4 is 34.0 Å². The lowest BCUT2D eigenvalue weighted by atomic mass is 9.85. The van der Waals surface area contributed by atoms with Crippen LogP contribution in [0.25, 0.3) is 11.3 Å².